The molecule has 1 fully saturated rings. The SMILES string of the molecule is CC=CN1C(=O)C2C=CC1C(C(C)=O)C2. The Bertz CT molecular complexity index is 357. The molecule has 15 heavy (non-hydrogen) atoms. The van der Waals surface area contributed by atoms with E-state index in [4.69, 9.17) is 0 Å². The first-order valence-electron chi connectivity index (χ1n) is 5.29. The lowest BCUT2D eigenvalue weighted by Crippen LogP contribution is -2.53. The molecule has 1 aliphatic carbocycles. The molecule has 0 aromatic heterocycles. The number of rotatable bonds is 2. The fraction of sp³-hybridized carbons (Fsp3) is 0.500. The standard InChI is InChI=1S/C12H15NO2/c1-3-6-13-11-5-4-9(12(13)15)7-10(11)8(2)14/h3-6,9-11H,7H2,1-2H3. The Hall–Kier alpha value is -1.38. The fourth-order valence-electron chi connectivity index (χ4n) is 2.42. The number of allylic oxidation sites excluding steroid dienone is 1. The molecule has 0 aromatic rings. The maximum Gasteiger partial charge on any atom is 0.234 e. The molecule has 0 aromatic carbocycles. The van der Waals surface area contributed by atoms with Crippen molar-refractivity contribution in [3.05, 3.63) is 24.4 Å². The van der Waals surface area contributed by atoms with Crippen LogP contribution >= 0.6 is 0 Å². The van der Waals surface area contributed by atoms with Gasteiger partial charge >= 0.3 is 0 Å². The van der Waals surface area contributed by atoms with E-state index in [2.05, 4.69) is 0 Å². The number of amides is 1. The number of Topliss-reactive ketones (excluding diaryl/α,β-unsaturated/α-hetero) is 1. The summed E-state index contributed by atoms with van der Waals surface area (Å²) in [6.07, 6.45) is 8.22. The quantitative estimate of drug-likeness (QED) is 0.641. The first kappa shape index (κ1) is 10.1. The van der Waals surface area contributed by atoms with Crippen molar-refractivity contribution in [1.82, 2.24) is 4.90 Å². The molecule has 2 bridgehead atoms. The molecule has 2 heterocycles. The van der Waals surface area contributed by atoms with Gasteiger partial charge in [-0.25, -0.2) is 0 Å². The molecule has 3 rings (SSSR count). The van der Waals surface area contributed by atoms with Crippen LogP contribution in [0.25, 0.3) is 0 Å². The molecule has 2 aliphatic heterocycles. The van der Waals surface area contributed by atoms with Crippen LogP contribution in [0.3, 0.4) is 0 Å². The lowest BCUT2D eigenvalue weighted by molar-refractivity contribution is -0.141. The Morgan fingerprint density at radius 2 is 2.27 bits per heavy atom. The van der Waals surface area contributed by atoms with Gasteiger partial charge in [0, 0.05) is 12.1 Å². The highest BCUT2D eigenvalue weighted by Gasteiger charge is 2.43. The molecule has 0 radical (unpaired) electrons. The van der Waals surface area contributed by atoms with Crippen molar-refractivity contribution < 1.29 is 9.59 Å². The van der Waals surface area contributed by atoms with E-state index in [1.165, 1.54) is 0 Å². The lowest BCUT2D eigenvalue weighted by Gasteiger charge is -2.43. The highest BCUT2D eigenvalue weighted by Crippen LogP contribution is 2.35. The molecule has 0 spiro atoms. The second-order valence-corrected chi connectivity index (χ2v) is 4.16. The van der Waals surface area contributed by atoms with Crippen LogP contribution in [0.15, 0.2) is 24.4 Å². The van der Waals surface area contributed by atoms with Crippen molar-refractivity contribution in [3.63, 3.8) is 0 Å². The van der Waals surface area contributed by atoms with Gasteiger partial charge in [-0.1, -0.05) is 18.2 Å². The zero-order valence-electron chi connectivity index (χ0n) is 9.01. The predicted octanol–water partition coefficient (Wildman–Crippen LogP) is 1.51. The van der Waals surface area contributed by atoms with Gasteiger partial charge in [0.2, 0.25) is 5.91 Å². The summed E-state index contributed by atoms with van der Waals surface area (Å²) in [6.45, 7) is 3.49. The number of hydrogen-bond acceptors (Lipinski definition) is 2. The van der Waals surface area contributed by atoms with E-state index in [1.54, 1.807) is 18.0 Å². The van der Waals surface area contributed by atoms with Gasteiger partial charge in [-0.15, -0.1) is 0 Å². The molecular weight excluding hydrogens is 190 g/mol. The molecule has 3 unspecified atom stereocenters. The van der Waals surface area contributed by atoms with Crippen molar-refractivity contribution in [2.75, 3.05) is 0 Å². The molecule has 80 valence electrons. The van der Waals surface area contributed by atoms with Crippen LogP contribution < -0.4 is 0 Å². The van der Waals surface area contributed by atoms with Crippen LogP contribution in [0.1, 0.15) is 20.3 Å². The Morgan fingerprint density at radius 1 is 1.53 bits per heavy atom. The molecule has 0 N–H and O–H groups in total. The minimum Gasteiger partial charge on any atom is -0.311 e. The molecule has 0 saturated carbocycles. The van der Waals surface area contributed by atoms with E-state index < -0.39 is 0 Å². The van der Waals surface area contributed by atoms with E-state index in [1.807, 2.05) is 25.2 Å². The topological polar surface area (TPSA) is 37.4 Å². The van der Waals surface area contributed by atoms with Crippen LogP contribution in [0.5, 0.6) is 0 Å². The lowest BCUT2D eigenvalue weighted by atomic mass is 9.75. The van der Waals surface area contributed by atoms with Gasteiger partial charge < -0.3 is 4.90 Å². The number of hydrogen-bond donors (Lipinski definition) is 0. The average molecular weight is 205 g/mol. The third-order valence-electron chi connectivity index (χ3n) is 3.19. The number of carbonyl (C=O) groups excluding carboxylic acids is 2. The monoisotopic (exact) mass is 205 g/mol. The molecule has 3 heteroatoms. The molecule has 1 amide bonds. The Kier molecular flexibility index (Phi) is 2.47. The van der Waals surface area contributed by atoms with Crippen molar-refractivity contribution >= 4 is 11.7 Å². The molecular formula is C12H15NO2. The van der Waals surface area contributed by atoms with Gasteiger partial charge in [-0.3, -0.25) is 9.59 Å². The van der Waals surface area contributed by atoms with E-state index >= 15 is 0 Å². The van der Waals surface area contributed by atoms with E-state index in [9.17, 15) is 9.59 Å². The summed E-state index contributed by atoms with van der Waals surface area (Å²) in [5.74, 6) is 0.184. The fourth-order valence-corrected chi connectivity index (χ4v) is 2.42. The maximum atomic E-state index is 11.9. The van der Waals surface area contributed by atoms with Gasteiger partial charge in [0.15, 0.2) is 0 Å². The van der Waals surface area contributed by atoms with Crippen molar-refractivity contribution in [2.24, 2.45) is 11.8 Å². The summed E-state index contributed by atoms with van der Waals surface area (Å²) in [7, 11) is 0. The summed E-state index contributed by atoms with van der Waals surface area (Å²) < 4.78 is 0. The zero-order valence-corrected chi connectivity index (χ0v) is 9.01. The number of fused-ring (bicyclic) bond motifs is 2. The summed E-state index contributed by atoms with van der Waals surface area (Å²) in [6, 6.07) is -0.0591. The first-order chi connectivity index (χ1) is 7.15. The summed E-state index contributed by atoms with van der Waals surface area (Å²) in [5, 5.41) is 0. The Morgan fingerprint density at radius 3 is 2.87 bits per heavy atom. The summed E-state index contributed by atoms with van der Waals surface area (Å²) in [5.41, 5.74) is 0. The second kappa shape index (κ2) is 3.65. The highest BCUT2D eigenvalue weighted by molar-refractivity contribution is 5.89. The Balaban J connectivity index is 2.32. The summed E-state index contributed by atoms with van der Waals surface area (Å²) in [4.78, 5) is 25.0. The van der Waals surface area contributed by atoms with E-state index in [0.717, 1.165) is 0 Å². The predicted molar refractivity (Wildman–Crippen MR) is 56.9 cm³/mol. The van der Waals surface area contributed by atoms with E-state index in [-0.39, 0.29) is 29.6 Å². The first-order valence-corrected chi connectivity index (χ1v) is 5.29. The smallest absolute Gasteiger partial charge is 0.234 e. The number of carbonyl (C=O) groups is 2. The Labute approximate surface area is 89.4 Å². The van der Waals surface area contributed by atoms with Crippen molar-refractivity contribution in [3.8, 4) is 0 Å². The van der Waals surface area contributed by atoms with Gasteiger partial charge in [-0.05, 0) is 20.3 Å². The van der Waals surface area contributed by atoms with Crippen LogP contribution in [0, 0.1) is 11.8 Å². The molecule has 3 atom stereocenters. The van der Waals surface area contributed by atoms with E-state index in [0.29, 0.717) is 6.42 Å². The maximum absolute atomic E-state index is 11.9. The molecule has 3 nitrogen and oxygen atoms in total. The number of ketones is 1. The third-order valence-corrected chi connectivity index (χ3v) is 3.19. The number of nitrogens with zero attached hydrogens (tertiary/aromatic N) is 1. The van der Waals surface area contributed by atoms with Gasteiger partial charge in [0.05, 0.1) is 12.0 Å². The average Bonchev–Trinajstić information content (AvgIpc) is 2.23. The largest absolute Gasteiger partial charge is 0.311 e. The van der Waals surface area contributed by atoms with Crippen molar-refractivity contribution in [2.45, 2.75) is 26.3 Å². The third kappa shape index (κ3) is 1.52. The zero-order chi connectivity index (χ0) is 11.0. The number of piperidine rings is 1. The highest BCUT2D eigenvalue weighted by atomic mass is 16.2. The molecule has 1 saturated heterocycles. The van der Waals surface area contributed by atoms with Crippen LogP contribution in [0.2, 0.25) is 0 Å². The van der Waals surface area contributed by atoms with Crippen LogP contribution in [-0.4, -0.2) is 22.6 Å². The minimum atomic E-state index is -0.0971. The van der Waals surface area contributed by atoms with Gasteiger partial charge in [0.1, 0.15) is 5.78 Å². The normalized spacial score (nSPS) is 34.1. The van der Waals surface area contributed by atoms with Gasteiger partial charge in [-0.2, -0.15) is 0 Å². The summed E-state index contributed by atoms with van der Waals surface area (Å²) >= 11 is 0. The van der Waals surface area contributed by atoms with Crippen molar-refractivity contribution in [1.29, 1.82) is 0 Å². The minimum absolute atomic E-state index is 0.0195. The molecule has 3 aliphatic rings. The second-order valence-electron chi connectivity index (χ2n) is 4.16. The van der Waals surface area contributed by atoms with Gasteiger partial charge in [0.25, 0.3) is 0 Å². The van der Waals surface area contributed by atoms with Crippen LogP contribution in [-0.2, 0) is 9.59 Å². The van der Waals surface area contributed by atoms with Crippen LogP contribution in [0.4, 0.5) is 0 Å².